The topological polar surface area (TPSA) is 41.5 Å². The zero-order chi connectivity index (χ0) is 12.8. The van der Waals surface area contributed by atoms with Gasteiger partial charge in [-0.05, 0) is 49.9 Å². The summed E-state index contributed by atoms with van der Waals surface area (Å²) in [7, 11) is 0. The minimum Gasteiger partial charge on any atom is -0.494 e. The normalized spacial score (nSPS) is 20.9. The average molecular weight is 249 g/mol. The summed E-state index contributed by atoms with van der Waals surface area (Å²) < 4.78 is 5.53. The fourth-order valence-corrected chi connectivity index (χ4v) is 2.37. The fraction of sp³-hybridized carbons (Fsp3) is 0.600. The van der Waals surface area contributed by atoms with Crippen LogP contribution in [0, 0.1) is 0 Å². The van der Waals surface area contributed by atoms with E-state index in [-0.39, 0.29) is 6.10 Å². The predicted octanol–water partition coefficient (Wildman–Crippen LogP) is 2.65. The molecule has 2 unspecified atom stereocenters. The third-order valence-corrected chi connectivity index (χ3v) is 3.41. The van der Waals surface area contributed by atoms with Gasteiger partial charge in [-0.1, -0.05) is 19.1 Å². The smallest absolute Gasteiger partial charge is 0.119 e. The van der Waals surface area contributed by atoms with Crippen LogP contribution in [0.15, 0.2) is 24.3 Å². The van der Waals surface area contributed by atoms with E-state index in [9.17, 15) is 5.11 Å². The molecule has 0 aliphatic carbocycles. The molecule has 3 heteroatoms. The molecule has 0 amide bonds. The Balaban J connectivity index is 1.87. The van der Waals surface area contributed by atoms with Gasteiger partial charge in [0, 0.05) is 6.04 Å². The summed E-state index contributed by atoms with van der Waals surface area (Å²) in [5.41, 5.74) is 0.979. The zero-order valence-electron chi connectivity index (χ0n) is 11.1. The molecule has 1 aliphatic rings. The first-order chi connectivity index (χ1) is 8.79. The molecule has 2 rings (SSSR count). The molecule has 1 fully saturated rings. The molecule has 1 heterocycles. The molecule has 1 aromatic carbocycles. The molecule has 2 atom stereocenters. The van der Waals surface area contributed by atoms with Crippen molar-refractivity contribution >= 4 is 0 Å². The van der Waals surface area contributed by atoms with E-state index < -0.39 is 0 Å². The van der Waals surface area contributed by atoms with Crippen LogP contribution in [0.25, 0.3) is 0 Å². The molecule has 2 N–H and O–H groups in total. The molecule has 18 heavy (non-hydrogen) atoms. The summed E-state index contributed by atoms with van der Waals surface area (Å²) in [5.74, 6) is 0.881. The van der Waals surface area contributed by atoms with E-state index in [0.29, 0.717) is 6.04 Å². The van der Waals surface area contributed by atoms with Crippen molar-refractivity contribution in [2.24, 2.45) is 0 Å². The summed E-state index contributed by atoms with van der Waals surface area (Å²) in [4.78, 5) is 0. The lowest BCUT2D eigenvalue weighted by atomic mass is 10.0. The van der Waals surface area contributed by atoms with E-state index in [4.69, 9.17) is 4.74 Å². The summed E-state index contributed by atoms with van der Waals surface area (Å²) in [5, 5.41) is 13.6. The van der Waals surface area contributed by atoms with Gasteiger partial charge in [-0.2, -0.15) is 0 Å². The number of ether oxygens (including phenoxy) is 1. The number of aliphatic hydroxyl groups is 1. The largest absolute Gasteiger partial charge is 0.494 e. The van der Waals surface area contributed by atoms with Crippen molar-refractivity contribution in [2.45, 2.75) is 44.8 Å². The predicted molar refractivity (Wildman–Crippen MR) is 72.8 cm³/mol. The van der Waals surface area contributed by atoms with Crippen molar-refractivity contribution in [1.82, 2.24) is 5.32 Å². The fourth-order valence-electron chi connectivity index (χ4n) is 2.37. The van der Waals surface area contributed by atoms with Crippen LogP contribution < -0.4 is 10.1 Å². The first-order valence-corrected chi connectivity index (χ1v) is 6.94. The number of rotatable bonds is 6. The highest BCUT2D eigenvalue weighted by atomic mass is 16.5. The zero-order valence-corrected chi connectivity index (χ0v) is 11.1. The molecule has 100 valence electrons. The van der Waals surface area contributed by atoms with Gasteiger partial charge in [0.25, 0.3) is 0 Å². The monoisotopic (exact) mass is 249 g/mol. The highest BCUT2D eigenvalue weighted by Gasteiger charge is 2.19. The van der Waals surface area contributed by atoms with E-state index in [2.05, 4.69) is 12.2 Å². The Morgan fingerprint density at radius 3 is 2.78 bits per heavy atom. The van der Waals surface area contributed by atoms with Crippen molar-refractivity contribution in [3.63, 3.8) is 0 Å². The van der Waals surface area contributed by atoms with E-state index in [1.165, 1.54) is 12.8 Å². The SMILES string of the molecule is CCCOc1ccc(C(O)CC2CCCN2)cc1. The Bertz CT molecular complexity index is 344. The lowest BCUT2D eigenvalue weighted by molar-refractivity contribution is 0.154. The summed E-state index contributed by atoms with van der Waals surface area (Å²) in [6.07, 6.45) is 3.84. The lowest BCUT2D eigenvalue weighted by Gasteiger charge is -2.16. The summed E-state index contributed by atoms with van der Waals surface area (Å²) in [6, 6.07) is 8.28. The van der Waals surface area contributed by atoms with Crippen molar-refractivity contribution in [2.75, 3.05) is 13.2 Å². The minimum absolute atomic E-state index is 0.374. The quantitative estimate of drug-likeness (QED) is 0.814. The Kier molecular flexibility index (Phi) is 5.02. The van der Waals surface area contributed by atoms with E-state index in [0.717, 1.165) is 37.3 Å². The maximum atomic E-state index is 10.2. The molecule has 3 nitrogen and oxygen atoms in total. The molecule has 0 bridgehead atoms. The molecule has 1 aromatic rings. The summed E-state index contributed by atoms with van der Waals surface area (Å²) >= 11 is 0. The van der Waals surface area contributed by atoms with Crippen LogP contribution in [-0.2, 0) is 0 Å². The lowest BCUT2D eigenvalue weighted by Crippen LogP contribution is -2.23. The molecular formula is C15H23NO2. The first kappa shape index (κ1) is 13.4. The second-order valence-electron chi connectivity index (χ2n) is 4.96. The first-order valence-electron chi connectivity index (χ1n) is 6.94. The van der Waals surface area contributed by atoms with Crippen LogP contribution in [-0.4, -0.2) is 24.3 Å². The van der Waals surface area contributed by atoms with Gasteiger partial charge in [0.2, 0.25) is 0 Å². The number of aliphatic hydroxyl groups excluding tert-OH is 1. The molecule has 0 saturated carbocycles. The van der Waals surface area contributed by atoms with Crippen molar-refractivity contribution in [1.29, 1.82) is 0 Å². The molecule has 1 aliphatic heterocycles. The summed E-state index contributed by atoms with van der Waals surface area (Å²) in [6.45, 7) is 3.92. The van der Waals surface area contributed by atoms with Crippen LogP contribution in [0.4, 0.5) is 0 Å². The number of hydrogen-bond acceptors (Lipinski definition) is 3. The Morgan fingerprint density at radius 1 is 1.39 bits per heavy atom. The van der Waals surface area contributed by atoms with Crippen LogP contribution in [0.1, 0.15) is 44.3 Å². The minimum atomic E-state index is -0.374. The van der Waals surface area contributed by atoms with Crippen LogP contribution in [0.3, 0.4) is 0 Å². The van der Waals surface area contributed by atoms with Gasteiger partial charge in [-0.25, -0.2) is 0 Å². The van der Waals surface area contributed by atoms with Crippen LogP contribution >= 0.6 is 0 Å². The van der Waals surface area contributed by atoms with Gasteiger partial charge in [-0.15, -0.1) is 0 Å². The molecule has 0 aromatic heterocycles. The second kappa shape index (κ2) is 6.76. The highest BCUT2D eigenvalue weighted by Crippen LogP contribution is 2.24. The Labute approximate surface area is 109 Å². The number of nitrogens with one attached hydrogen (secondary N) is 1. The third-order valence-electron chi connectivity index (χ3n) is 3.41. The van der Waals surface area contributed by atoms with E-state index in [1.54, 1.807) is 0 Å². The Morgan fingerprint density at radius 2 is 2.17 bits per heavy atom. The van der Waals surface area contributed by atoms with Crippen LogP contribution in [0.2, 0.25) is 0 Å². The third kappa shape index (κ3) is 3.72. The van der Waals surface area contributed by atoms with Crippen molar-refractivity contribution < 1.29 is 9.84 Å². The number of benzene rings is 1. The highest BCUT2D eigenvalue weighted by molar-refractivity contribution is 5.28. The van der Waals surface area contributed by atoms with Gasteiger partial charge in [0.1, 0.15) is 5.75 Å². The average Bonchev–Trinajstić information content (AvgIpc) is 2.89. The molecular weight excluding hydrogens is 226 g/mol. The van der Waals surface area contributed by atoms with Gasteiger partial charge >= 0.3 is 0 Å². The molecule has 0 spiro atoms. The van der Waals surface area contributed by atoms with E-state index >= 15 is 0 Å². The van der Waals surface area contributed by atoms with Crippen molar-refractivity contribution in [3.8, 4) is 5.75 Å². The Hall–Kier alpha value is -1.06. The van der Waals surface area contributed by atoms with Gasteiger partial charge in [0.15, 0.2) is 0 Å². The van der Waals surface area contributed by atoms with Gasteiger partial charge < -0.3 is 15.2 Å². The van der Waals surface area contributed by atoms with Crippen LogP contribution in [0.5, 0.6) is 5.75 Å². The maximum absolute atomic E-state index is 10.2. The number of hydrogen-bond donors (Lipinski definition) is 2. The van der Waals surface area contributed by atoms with Gasteiger partial charge in [0.05, 0.1) is 12.7 Å². The van der Waals surface area contributed by atoms with E-state index in [1.807, 2.05) is 24.3 Å². The molecule has 0 radical (unpaired) electrons. The van der Waals surface area contributed by atoms with Gasteiger partial charge in [-0.3, -0.25) is 0 Å². The standard InChI is InChI=1S/C15H23NO2/c1-2-10-18-14-7-5-12(6-8-14)15(17)11-13-4-3-9-16-13/h5-8,13,15-17H,2-4,9-11H2,1H3. The van der Waals surface area contributed by atoms with Crippen molar-refractivity contribution in [3.05, 3.63) is 29.8 Å². The second-order valence-corrected chi connectivity index (χ2v) is 4.96. The molecule has 1 saturated heterocycles. The maximum Gasteiger partial charge on any atom is 0.119 e.